The van der Waals surface area contributed by atoms with Gasteiger partial charge >= 0.3 is 0 Å². The van der Waals surface area contributed by atoms with Gasteiger partial charge < -0.3 is 9.64 Å². The zero-order valence-electron chi connectivity index (χ0n) is 7.56. The van der Waals surface area contributed by atoms with Crippen LogP contribution < -0.4 is 4.90 Å². The summed E-state index contributed by atoms with van der Waals surface area (Å²) in [5, 5.41) is 0.486. The molecule has 0 aliphatic carbocycles. The Balaban J connectivity index is 1.93. The first-order valence-corrected chi connectivity index (χ1v) is 5.07. The standard InChI is InChI=1S/C9H10ClN3O/c10-8-9(12-2-1-11-8)13-4-7-3-6(13)5-14-7/h1-2,6-7H,3-5H2/t6-,7+/m0/s1. The highest BCUT2D eigenvalue weighted by molar-refractivity contribution is 6.31. The van der Waals surface area contributed by atoms with Crippen molar-refractivity contribution >= 4 is 17.4 Å². The summed E-state index contributed by atoms with van der Waals surface area (Å²) in [6.45, 7) is 1.68. The summed E-state index contributed by atoms with van der Waals surface area (Å²) in [5.74, 6) is 0.796. The summed E-state index contributed by atoms with van der Waals surface area (Å²) in [6.07, 6.45) is 4.73. The molecule has 0 unspecified atom stereocenters. The van der Waals surface area contributed by atoms with Gasteiger partial charge in [0.05, 0.1) is 18.8 Å². The second-order valence-electron chi connectivity index (χ2n) is 3.67. The monoisotopic (exact) mass is 211 g/mol. The van der Waals surface area contributed by atoms with E-state index in [0.717, 1.165) is 25.4 Å². The third-order valence-corrected chi connectivity index (χ3v) is 3.07. The second-order valence-corrected chi connectivity index (χ2v) is 4.03. The molecule has 2 atom stereocenters. The Hall–Kier alpha value is -0.870. The second kappa shape index (κ2) is 3.07. The van der Waals surface area contributed by atoms with Crippen LogP contribution in [0.4, 0.5) is 5.82 Å². The van der Waals surface area contributed by atoms with Crippen molar-refractivity contribution in [3.63, 3.8) is 0 Å². The lowest BCUT2D eigenvalue weighted by molar-refractivity contribution is 0.0989. The van der Waals surface area contributed by atoms with Crippen LogP contribution in [0, 0.1) is 0 Å². The number of morpholine rings is 1. The van der Waals surface area contributed by atoms with E-state index < -0.39 is 0 Å². The summed E-state index contributed by atoms with van der Waals surface area (Å²) in [5.41, 5.74) is 0. The van der Waals surface area contributed by atoms with Gasteiger partial charge in [-0.3, -0.25) is 0 Å². The van der Waals surface area contributed by atoms with Gasteiger partial charge in [-0.25, -0.2) is 9.97 Å². The average molecular weight is 212 g/mol. The predicted octanol–water partition coefficient (Wildman–Crippen LogP) is 1.11. The Kier molecular flexibility index (Phi) is 1.85. The highest BCUT2D eigenvalue weighted by Gasteiger charge is 2.40. The minimum absolute atomic E-state index is 0.359. The number of fused-ring (bicyclic) bond motifs is 2. The maximum absolute atomic E-state index is 5.99. The zero-order chi connectivity index (χ0) is 9.54. The minimum Gasteiger partial charge on any atom is -0.374 e. The molecule has 2 aliphatic rings. The van der Waals surface area contributed by atoms with Crippen molar-refractivity contribution in [2.24, 2.45) is 0 Å². The van der Waals surface area contributed by atoms with E-state index in [1.54, 1.807) is 12.4 Å². The van der Waals surface area contributed by atoms with E-state index in [1.807, 2.05) is 0 Å². The quantitative estimate of drug-likeness (QED) is 0.698. The number of aromatic nitrogens is 2. The molecule has 2 fully saturated rings. The highest BCUT2D eigenvalue weighted by Crippen LogP contribution is 2.33. The first kappa shape index (κ1) is 8.44. The van der Waals surface area contributed by atoms with E-state index in [1.165, 1.54) is 0 Å². The fraction of sp³-hybridized carbons (Fsp3) is 0.556. The molecule has 4 nitrogen and oxygen atoms in total. The van der Waals surface area contributed by atoms with Crippen LogP contribution in [-0.4, -0.2) is 35.3 Å². The molecule has 14 heavy (non-hydrogen) atoms. The fourth-order valence-corrected chi connectivity index (χ4v) is 2.38. The Morgan fingerprint density at radius 2 is 2.29 bits per heavy atom. The van der Waals surface area contributed by atoms with Crippen LogP contribution in [0.1, 0.15) is 6.42 Å². The van der Waals surface area contributed by atoms with E-state index in [2.05, 4.69) is 14.9 Å². The fourth-order valence-electron chi connectivity index (χ4n) is 2.17. The molecule has 0 N–H and O–H groups in total. The highest BCUT2D eigenvalue weighted by atomic mass is 35.5. The molecule has 0 aromatic carbocycles. The molecule has 0 saturated carbocycles. The third-order valence-electron chi connectivity index (χ3n) is 2.81. The van der Waals surface area contributed by atoms with E-state index in [4.69, 9.17) is 16.3 Å². The molecule has 74 valence electrons. The summed E-state index contributed by atoms with van der Waals surface area (Å²) >= 11 is 5.99. The molecule has 1 aromatic rings. The van der Waals surface area contributed by atoms with Crippen LogP contribution in [0.3, 0.4) is 0 Å². The van der Waals surface area contributed by atoms with Crippen molar-refractivity contribution < 1.29 is 4.74 Å². The van der Waals surface area contributed by atoms with E-state index in [0.29, 0.717) is 17.3 Å². The molecule has 3 rings (SSSR count). The number of rotatable bonds is 1. The lowest BCUT2D eigenvalue weighted by atomic mass is 10.2. The number of halogens is 1. The lowest BCUT2D eigenvalue weighted by Gasteiger charge is -2.27. The third kappa shape index (κ3) is 1.18. The van der Waals surface area contributed by atoms with Gasteiger partial charge in [-0.15, -0.1) is 0 Å². The Morgan fingerprint density at radius 1 is 1.43 bits per heavy atom. The van der Waals surface area contributed by atoms with Crippen molar-refractivity contribution in [1.29, 1.82) is 0 Å². The minimum atomic E-state index is 0.359. The number of anilines is 1. The first-order valence-electron chi connectivity index (χ1n) is 4.69. The molecule has 2 saturated heterocycles. The van der Waals surface area contributed by atoms with Gasteiger partial charge in [0.2, 0.25) is 0 Å². The normalized spacial score (nSPS) is 29.9. The lowest BCUT2D eigenvalue weighted by Crippen LogP contribution is -2.37. The van der Waals surface area contributed by atoms with Gasteiger partial charge in [-0.2, -0.15) is 0 Å². The van der Waals surface area contributed by atoms with Crippen LogP contribution in [0.2, 0.25) is 5.15 Å². The maximum Gasteiger partial charge on any atom is 0.171 e. The largest absolute Gasteiger partial charge is 0.374 e. The Labute approximate surface area is 86.9 Å². The van der Waals surface area contributed by atoms with Crippen molar-refractivity contribution in [2.75, 3.05) is 18.1 Å². The topological polar surface area (TPSA) is 38.2 Å². The summed E-state index contributed by atoms with van der Waals surface area (Å²) in [6, 6.07) is 0.439. The molecular weight excluding hydrogens is 202 g/mol. The molecule has 0 amide bonds. The van der Waals surface area contributed by atoms with Crippen molar-refractivity contribution in [3.05, 3.63) is 17.5 Å². The maximum atomic E-state index is 5.99. The van der Waals surface area contributed by atoms with Gasteiger partial charge in [0.15, 0.2) is 11.0 Å². The van der Waals surface area contributed by atoms with E-state index >= 15 is 0 Å². The predicted molar refractivity (Wildman–Crippen MR) is 52.5 cm³/mol. The van der Waals surface area contributed by atoms with Crippen LogP contribution in [0.5, 0.6) is 0 Å². The molecule has 1 aromatic heterocycles. The van der Waals surface area contributed by atoms with Crippen molar-refractivity contribution in [1.82, 2.24) is 9.97 Å². The molecule has 2 aliphatic heterocycles. The number of nitrogens with zero attached hydrogens (tertiary/aromatic N) is 3. The molecule has 2 bridgehead atoms. The average Bonchev–Trinajstić information content (AvgIpc) is 2.79. The van der Waals surface area contributed by atoms with Crippen molar-refractivity contribution in [3.8, 4) is 0 Å². The molecule has 5 heteroatoms. The van der Waals surface area contributed by atoms with Gasteiger partial charge in [-0.1, -0.05) is 11.6 Å². The van der Waals surface area contributed by atoms with Crippen LogP contribution in [0.25, 0.3) is 0 Å². The van der Waals surface area contributed by atoms with Crippen molar-refractivity contribution in [2.45, 2.75) is 18.6 Å². The summed E-state index contributed by atoms with van der Waals surface area (Å²) < 4.78 is 5.51. The van der Waals surface area contributed by atoms with Gasteiger partial charge in [0, 0.05) is 18.9 Å². The van der Waals surface area contributed by atoms with Crippen LogP contribution in [-0.2, 0) is 4.74 Å². The Bertz CT molecular complexity index is 360. The van der Waals surface area contributed by atoms with Gasteiger partial charge in [0.25, 0.3) is 0 Å². The molecule has 0 radical (unpaired) electrons. The Morgan fingerprint density at radius 3 is 2.93 bits per heavy atom. The summed E-state index contributed by atoms with van der Waals surface area (Å²) in [4.78, 5) is 10.5. The zero-order valence-corrected chi connectivity index (χ0v) is 8.31. The molecule has 0 spiro atoms. The van der Waals surface area contributed by atoms with Crippen LogP contribution in [0.15, 0.2) is 12.4 Å². The van der Waals surface area contributed by atoms with Gasteiger partial charge in [-0.05, 0) is 6.42 Å². The van der Waals surface area contributed by atoms with E-state index in [9.17, 15) is 0 Å². The summed E-state index contributed by atoms with van der Waals surface area (Å²) in [7, 11) is 0. The number of hydrogen-bond donors (Lipinski definition) is 0. The smallest absolute Gasteiger partial charge is 0.171 e. The van der Waals surface area contributed by atoms with Gasteiger partial charge in [0.1, 0.15) is 0 Å². The van der Waals surface area contributed by atoms with Crippen LogP contribution >= 0.6 is 11.6 Å². The SMILES string of the molecule is Clc1nccnc1N1C[C@H]2C[C@H]1CO2. The molecule has 3 heterocycles. The number of hydrogen-bond acceptors (Lipinski definition) is 4. The first-order chi connectivity index (χ1) is 6.84. The number of ether oxygens (including phenoxy) is 1. The molecular formula is C9H10ClN3O. The van der Waals surface area contributed by atoms with E-state index in [-0.39, 0.29) is 0 Å².